The van der Waals surface area contributed by atoms with Gasteiger partial charge in [0.05, 0.1) is 0 Å². The first-order chi connectivity index (χ1) is 8.94. The summed E-state index contributed by atoms with van der Waals surface area (Å²) in [6.45, 7) is 0. The van der Waals surface area contributed by atoms with Crippen molar-refractivity contribution in [2.45, 2.75) is 12.3 Å². The maximum absolute atomic E-state index is 12.2. The van der Waals surface area contributed by atoms with Gasteiger partial charge in [0.15, 0.2) is 0 Å². The number of benzene rings is 2. The van der Waals surface area contributed by atoms with Crippen molar-refractivity contribution in [3.05, 3.63) is 59.7 Å². The minimum absolute atomic E-state index is 0.0636. The van der Waals surface area contributed by atoms with Gasteiger partial charge in [-0.1, -0.05) is 24.3 Å². The first-order valence-electron chi connectivity index (χ1n) is 5.81. The van der Waals surface area contributed by atoms with E-state index in [1.807, 2.05) is 0 Å². The molecule has 0 heterocycles. The first kappa shape index (κ1) is 13.7. The highest BCUT2D eigenvalue weighted by molar-refractivity contribution is 7.56. The van der Waals surface area contributed by atoms with E-state index in [0.717, 1.165) is 0 Å². The topological polar surface area (TPSA) is 77.8 Å². The fourth-order valence-corrected chi connectivity index (χ4v) is 3.50. The average Bonchev–Trinajstić information content (AvgIpc) is 2.34. The summed E-state index contributed by atoms with van der Waals surface area (Å²) in [7, 11) is -3.33. The van der Waals surface area contributed by atoms with Crippen molar-refractivity contribution in [1.82, 2.24) is 0 Å². The van der Waals surface area contributed by atoms with Crippen molar-refractivity contribution in [3.8, 4) is 11.5 Å². The molecule has 5 heteroatoms. The molecule has 2 aromatic carbocycles. The maximum atomic E-state index is 12.2. The second-order valence-electron chi connectivity index (χ2n) is 4.50. The van der Waals surface area contributed by atoms with E-state index in [1.165, 1.54) is 24.3 Å². The third-order valence-corrected chi connectivity index (χ3v) is 4.45. The molecule has 100 valence electrons. The summed E-state index contributed by atoms with van der Waals surface area (Å²) in [5.74, 6) is 0.269. The van der Waals surface area contributed by atoms with Crippen molar-refractivity contribution in [2.75, 3.05) is 0 Å². The second kappa shape index (κ2) is 5.47. The summed E-state index contributed by atoms with van der Waals surface area (Å²) in [4.78, 5) is 9.99. The van der Waals surface area contributed by atoms with Gasteiger partial charge in [-0.3, -0.25) is 4.57 Å². The van der Waals surface area contributed by atoms with Gasteiger partial charge in [-0.05, 0) is 35.4 Å². The first-order valence-corrected chi connectivity index (χ1v) is 7.84. The number of hydrogen-bond donors (Lipinski definition) is 3. The minimum atomic E-state index is -3.33. The summed E-state index contributed by atoms with van der Waals surface area (Å²) < 4.78 is 12.2. The van der Waals surface area contributed by atoms with Crippen LogP contribution in [0.15, 0.2) is 48.5 Å². The Labute approximate surface area is 111 Å². The lowest BCUT2D eigenvalue weighted by molar-refractivity contribution is 0.471. The summed E-state index contributed by atoms with van der Waals surface area (Å²) in [6.07, 6.45) is 0.127. The molecule has 0 amide bonds. The summed E-state index contributed by atoms with van der Waals surface area (Å²) in [5, 5.41) is 18.3. The molecule has 2 aromatic rings. The number of phenolic OH excluding ortho intramolecular Hbond substituents is 2. The Morgan fingerprint density at radius 3 is 1.37 bits per heavy atom. The van der Waals surface area contributed by atoms with Crippen LogP contribution in [0.5, 0.6) is 11.5 Å². The van der Waals surface area contributed by atoms with Crippen LogP contribution >= 0.6 is 7.37 Å². The van der Waals surface area contributed by atoms with Crippen molar-refractivity contribution < 1.29 is 19.7 Å². The fourth-order valence-electron chi connectivity index (χ4n) is 1.83. The van der Waals surface area contributed by atoms with Crippen LogP contribution in [-0.2, 0) is 16.9 Å². The smallest absolute Gasteiger partial charge is 0.209 e. The van der Waals surface area contributed by atoms with Crippen molar-refractivity contribution >= 4 is 7.37 Å². The zero-order valence-corrected chi connectivity index (χ0v) is 11.1. The Bertz CT molecular complexity index is 538. The Morgan fingerprint density at radius 2 is 1.05 bits per heavy atom. The largest absolute Gasteiger partial charge is 0.508 e. The highest BCUT2D eigenvalue weighted by atomic mass is 31.2. The molecule has 0 radical (unpaired) electrons. The zero-order valence-electron chi connectivity index (χ0n) is 10.2. The molecule has 4 nitrogen and oxygen atoms in total. The molecule has 0 aliphatic carbocycles. The average molecular weight is 278 g/mol. The van der Waals surface area contributed by atoms with E-state index in [-0.39, 0.29) is 23.8 Å². The predicted molar refractivity (Wildman–Crippen MR) is 73.4 cm³/mol. The SMILES string of the molecule is O=P(O)(Cc1ccc(O)cc1)Cc1ccc(O)cc1. The van der Waals surface area contributed by atoms with Gasteiger partial charge in [0.2, 0.25) is 7.37 Å². The molecule has 2 rings (SSSR count). The molecule has 3 N–H and O–H groups in total. The van der Waals surface area contributed by atoms with Gasteiger partial charge in [0.25, 0.3) is 0 Å². The Morgan fingerprint density at radius 1 is 0.737 bits per heavy atom. The van der Waals surface area contributed by atoms with Crippen LogP contribution < -0.4 is 0 Å². The molecule has 0 fully saturated rings. The summed E-state index contributed by atoms with van der Waals surface area (Å²) >= 11 is 0. The van der Waals surface area contributed by atoms with Crippen LogP contribution in [0.25, 0.3) is 0 Å². The molecular weight excluding hydrogens is 263 g/mol. The van der Waals surface area contributed by atoms with Gasteiger partial charge in [-0.2, -0.15) is 0 Å². The molecule has 0 aliphatic rings. The van der Waals surface area contributed by atoms with Gasteiger partial charge < -0.3 is 15.1 Å². The van der Waals surface area contributed by atoms with Crippen molar-refractivity contribution in [1.29, 1.82) is 0 Å². The molecule has 0 atom stereocenters. The highest BCUT2D eigenvalue weighted by Gasteiger charge is 2.19. The van der Waals surface area contributed by atoms with E-state index in [1.54, 1.807) is 24.3 Å². The van der Waals surface area contributed by atoms with E-state index in [2.05, 4.69) is 0 Å². The number of aromatic hydroxyl groups is 2. The zero-order chi connectivity index (χ0) is 13.9. The number of hydrogen-bond acceptors (Lipinski definition) is 3. The predicted octanol–water partition coefficient (Wildman–Crippen LogP) is 3.07. The van der Waals surface area contributed by atoms with Gasteiger partial charge in [0.1, 0.15) is 11.5 Å². The van der Waals surface area contributed by atoms with Crippen LogP contribution in [0, 0.1) is 0 Å². The molecule has 0 saturated carbocycles. The van der Waals surface area contributed by atoms with Crippen molar-refractivity contribution in [3.63, 3.8) is 0 Å². The number of phenols is 2. The summed E-state index contributed by atoms with van der Waals surface area (Å²) in [5.41, 5.74) is 1.42. The van der Waals surface area contributed by atoms with Gasteiger partial charge in [-0.15, -0.1) is 0 Å². The molecule has 0 bridgehead atoms. The third kappa shape index (κ3) is 4.12. The monoisotopic (exact) mass is 278 g/mol. The van der Waals surface area contributed by atoms with Crippen LogP contribution in [0.4, 0.5) is 0 Å². The van der Waals surface area contributed by atoms with Crippen LogP contribution in [-0.4, -0.2) is 15.1 Å². The number of rotatable bonds is 4. The van der Waals surface area contributed by atoms with Crippen LogP contribution in [0.1, 0.15) is 11.1 Å². The molecule has 0 aromatic heterocycles. The van der Waals surface area contributed by atoms with Gasteiger partial charge in [0, 0.05) is 12.3 Å². The molecule has 0 spiro atoms. The Hall–Kier alpha value is -1.77. The van der Waals surface area contributed by atoms with Crippen LogP contribution in [0.3, 0.4) is 0 Å². The normalized spacial score (nSPS) is 11.4. The van der Waals surface area contributed by atoms with E-state index in [9.17, 15) is 9.46 Å². The standard InChI is InChI=1S/C14H15O4P/c15-13-5-1-11(2-6-13)9-19(17,18)10-12-3-7-14(16)8-4-12/h1-8,15-16H,9-10H2,(H,17,18). The fraction of sp³-hybridized carbons (Fsp3) is 0.143. The van der Waals surface area contributed by atoms with E-state index >= 15 is 0 Å². The molecule has 0 aliphatic heterocycles. The van der Waals surface area contributed by atoms with E-state index in [0.29, 0.717) is 11.1 Å². The Kier molecular flexibility index (Phi) is 3.93. The molecule has 0 unspecified atom stereocenters. The summed E-state index contributed by atoms with van der Waals surface area (Å²) in [6, 6.07) is 12.5. The quantitative estimate of drug-likeness (QED) is 0.751. The third-order valence-electron chi connectivity index (χ3n) is 2.73. The lowest BCUT2D eigenvalue weighted by atomic mass is 10.2. The molecule has 0 saturated heterocycles. The van der Waals surface area contributed by atoms with Gasteiger partial charge in [-0.25, -0.2) is 0 Å². The lowest BCUT2D eigenvalue weighted by Crippen LogP contribution is -1.92. The Balaban J connectivity index is 2.08. The van der Waals surface area contributed by atoms with E-state index in [4.69, 9.17) is 10.2 Å². The van der Waals surface area contributed by atoms with Crippen molar-refractivity contribution in [2.24, 2.45) is 0 Å². The maximum Gasteiger partial charge on any atom is 0.209 e. The second-order valence-corrected chi connectivity index (χ2v) is 6.82. The minimum Gasteiger partial charge on any atom is -0.508 e. The van der Waals surface area contributed by atoms with E-state index < -0.39 is 7.37 Å². The molecule has 19 heavy (non-hydrogen) atoms. The lowest BCUT2D eigenvalue weighted by Gasteiger charge is -2.12. The molecular formula is C14H15O4P. The van der Waals surface area contributed by atoms with Gasteiger partial charge >= 0.3 is 0 Å². The van der Waals surface area contributed by atoms with Crippen LogP contribution in [0.2, 0.25) is 0 Å². The highest BCUT2D eigenvalue weighted by Crippen LogP contribution is 2.48.